The number of benzene rings is 2. The van der Waals surface area contributed by atoms with Gasteiger partial charge < -0.3 is 14.6 Å². The van der Waals surface area contributed by atoms with Crippen LogP contribution in [-0.4, -0.2) is 55.8 Å². The highest BCUT2D eigenvalue weighted by Gasteiger charge is 2.28. The van der Waals surface area contributed by atoms with Crippen LogP contribution in [0.1, 0.15) is 73.2 Å². The molecular weight excluding hydrogens is 547 g/mol. The lowest BCUT2D eigenvalue weighted by atomic mass is 9.81. The van der Waals surface area contributed by atoms with Gasteiger partial charge in [-0.3, -0.25) is 9.59 Å². The number of nitrogens with zero attached hydrogens (tertiary/aromatic N) is 2. The maximum atomic E-state index is 14.5. The molecule has 0 saturated heterocycles. The van der Waals surface area contributed by atoms with Crippen molar-refractivity contribution in [3.8, 4) is 17.0 Å². The number of carbonyl (C=O) groups is 2. The van der Waals surface area contributed by atoms with Crippen molar-refractivity contribution in [1.82, 2.24) is 18.9 Å². The first-order valence-electron chi connectivity index (χ1n) is 14.3. The molecule has 2 aliphatic rings. The van der Waals surface area contributed by atoms with Gasteiger partial charge in [-0.2, -0.15) is 12.7 Å². The van der Waals surface area contributed by atoms with Gasteiger partial charge in [0.25, 0.3) is 11.8 Å². The van der Waals surface area contributed by atoms with E-state index in [-0.39, 0.29) is 36.3 Å². The monoisotopic (exact) mass is 584 g/mol. The van der Waals surface area contributed by atoms with Crippen LogP contribution in [0.25, 0.3) is 22.2 Å². The second-order valence-corrected chi connectivity index (χ2v) is 12.8. The van der Waals surface area contributed by atoms with E-state index in [1.54, 1.807) is 18.2 Å². The fourth-order valence-corrected chi connectivity index (χ4v) is 6.86. The van der Waals surface area contributed by atoms with Crippen molar-refractivity contribution >= 4 is 32.9 Å². The third-order valence-corrected chi connectivity index (χ3v) is 9.62. The van der Waals surface area contributed by atoms with Crippen LogP contribution in [-0.2, 0) is 22.1 Å². The van der Waals surface area contributed by atoms with Gasteiger partial charge in [0.1, 0.15) is 11.6 Å². The van der Waals surface area contributed by atoms with E-state index < -0.39 is 21.9 Å². The zero-order valence-electron chi connectivity index (χ0n) is 23.5. The molecule has 0 atom stereocenters. The van der Waals surface area contributed by atoms with E-state index in [2.05, 4.69) is 10.0 Å². The molecule has 220 valence electrons. The quantitative estimate of drug-likeness (QED) is 0.434. The zero-order valence-corrected chi connectivity index (χ0v) is 24.4. The van der Waals surface area contributed by atoms with Crippen molar-refractivity contribution in [3.05, 3.63) is 53.3 Å². The Morgan fingerprint density at radius 3 is 2.49 bits per heavy atom. The molecule has 1 aliphatic carbocycles. The molecule has 1 fully saturated rings. The number of hydrogen-bond donors (Lipinski definition) is 2. The number of carbonyl (C=O) groups excluding carboxylic acids is 2. The maximum Gasteiger partial charge on any atom is 0.303 e. The van der Waals surface area contributed by atoms with Crippen molar-refractivity contribution in [2.24, 2.45) is 7.05 Å². The highest BCUT2D eigenvalue weighted by Crippen LogP contribution is 2.46. The number of fused-ring (bicyclic) bond motifs is 4. The summed E-state index contributed by atoms with van der Waals surface area (Å²) in [5.41, 5.74) is 3.55. The van der Waals surface area contributed by atoms with Crippen LogP contribution in [0.15, 0.2) is 36.4 Å². The summed E-state index contributed by atoms with van der Waals surface area (Å²) in [4.78, 5) is 25.7. The van der Waals surface area contributed by atoms with E-state index in [1.165, 1.54) is 25.6 Å². The number of aromatic nitrogens is 1. The minimum absolute atomic E-state index is 0.221. The number of hydrogen-bond acceptors (Lipinski definition) is 5. The van der Waals surface area contributed by atoms with E-state index in [4.69, 9.17) is 4.74 Å². The van der Waals surface area contributed by atoms with Crippen LogP contribution in [0.3, 0.4) is 0 Å². The van der Waals surface area contributed by atoms with Crippen LogP contribution in [0.2, 0.25) is 0 Å². The van der Waals surface area contributed by atoms with E-state index >= 15 is 0 Å². The number of rotatable bonds is 1. The van der Waals surface area contributed by atoms with Crippen molar-refractivity contribution < 1.29 is 27.1 Å². The average molecular weight is 585 g/mol. The summed E-state index contributed by atoms with van der Waals surface area (Å²) in [7, 11) is -0.724. The first-order valence-corrected chi connectivity index (χ1v) is 15.7. The molecule has 0 unspecified atom stereocenters. The van der Waals surface area contributed by atoms with Crippen molar-refractivity contribution in [3.63, 3.8) is 0 Å². The largest absolute Gasteiger partial charge is 0.483 e. The molecule has 11 heteroatoms. The van der Waals surface area contributed by atoms with Gasteiger partial charge in [0.2, 0.25) is 0 Å². The predicted octanol–water partition coefficient (Wildman–Crippen LogP) is 4.62. The normalized spacial score (nSPS) is 19.9. The molecule has 0 spiro atoms. The molecule has 2 amide bonds. The van der Waals surface area contributed by atoms with Crippen molar-refractivity contribution in [1.29, 1.82) is 0 Å². The number of amides is 2. The molecule has 1 aromatic heterocycles. The van der Waals surface area contributed by atoms with Gasteiger partial charge in [-0.1, -0.05) is 31.7 Å². The molecule has 3 bridgehead atoms. The summed E-state index contributed by atoms with van der Waals surface area (Å²) >= 11 is 0. The number of aryl methyl sites for hydroxylation is 1. The maximum absolute atomic E-state index is 14.5. The Morgan fingerprint density at radius 1 is 0.951 bits per heavy atom. The fraction of sp³-hybridized carbons (Fsp3) is 0.467. The average Bonchev–Trinajstić information content (AvgIpc) is 3.24. The molecular formula is C30H37FN4O5S. The van der Waals surface area contributed by atoms with Crippen molar-refractivity contribution in [2.45, 2.75) is 57.3 Å². The Labute approximate surface area is 240 Å². The molecule has 2 heterocycles. The molecule has 2 aromatic carbocycles. The Kier molecular flexibility index (Phi) is 8.65. The molecule has 0 radical (unpaired) electrons. The third kappa shape index (κ3) is 6.25. The van der Waals surface area contributed by atoms with Crippen LogP contribution < -0.4 is 14.8 Å². The van der Waals surface area contributed by atoms with Gasteiger partial charge in [-0.15, -0.1) is 0 Å². The zero-order chi connectivity index (χ0) is 29.1. The van der Waals surface area contributed by atoms with Crippen LogP contribution in [0.4, 0.5) is 4.39 Å². The Balaban J connectivity index is 1.66. The summed E-state index contributed by atoms with van der Waals surface area (Å²) in [6.45, 7) is 0.374. The third-order valence-electron chi connectivity index (χ3n) is 8.18. The minimum atomic E-state index is -4.04. The Morgan fingerprint density at radius 2 is 1.71 bits per heavy atom. The second kappa shape index (κ2) is 12.2. The number of nitrogens with one attached hydrogen (secondary N) is 2. The molecule has 5 rings (SSSR count). The lowest BCUT2D eigenvalue weighted by Crippen LogP contribution is -2.41. The SMILES string of the molecule is CN1CCCCCNC(=O)COc2cc(F)ccc2-c2c(C3CCCCC3)c3ccc(cc3n2C)C(=O)NS1(=O)=O. The summed E-state index contributed by atoms with van der Waals surface area (Å²) in [5.74, 6) is -0.972. The smallest absolute Gasteiger partial charge is 0.303 e. The van der Waals surface area contributed by atoms with Crippen LogP contribution >= 0.6 is 0 Å². The molecule has 41 heavy (non-hydrogen) atoms. The molecule has 2 N–H and O–H groups in total. The van der Waals surface area contributed by atoms with E-state index in [1.807, 2.05) is 17.7 Å². The molecule has 1 saturated carbocycles. The lowest BCUT2D eigenvalue weighted by Gasteiger charge is -2.24. The summed E-state index contributed by atoms with van der Waals surface area (Å²) < 4.78 is 51.4. The van der Waals surface area contributed by atoms with Gasteiger partial charge >= 0.3 is 10.2 Å². The standard InChI is InChI=1S/C30H37FN4O5S/c1-34-16-8-4-7-15-32-27(36)19-40-26-18-22(31)12-14-24(26)29-28(20-9-5-3-6-10-20)23-13-11-21(17-25(23)35(29)2)30(37)33-41(34,38)39/h11-14,17-18,20H,3-10,15-16,19H2,1-2H3,(H,32,36)(H,33,37). The number of ether oxygens (including phenoxy) is 1. The molecule has 9 nitrogen and oxygen atoms in total. The second-order valence-electron chi connectivity index (χ2n) is 11.0. The van der Waals surface area contributed by atoms with Crippen LogP contribution in [0, 0.1) is 5.82 Å². The van der Waals surface area contributed by atoms with Gasteiger partial charge in [-0.25, -0.2) is 9.11 Å². The lowest BCUT2D eigenvalue weighted by molar-refractivity contribution is -0.123. The summed E-state index contributed by atoms with van der Waals surface area (Å²) in [6.07, 6.45) is 7.25. The van der Waals surface area contributed by atoms with E-state index in [0.717, 1.165) is 52.1 Å². The van der Waals surface area contributed by atoms with E-state index in [0.29, 0.717) is 31.4 Å². The van der Waals surface area contributed by atoms with E-state index in [9.17, 15) is 22.4 Å². The van der Waals surface area contributed by atoms with Gasteiger partial charge in [0.05, 0.1) is 5.69 Å². The Bertz CT molecular complexity index is 1560. The van der Waals surface area contributed by atoms with Gasteiger partial charge in [0, 0.05) is 55.3 Å². The number of halogens is 1. The van der Waals surface area contributed by atoms with Crippen LogP contribution in [0.5, 0.6) is 5.75 Å². The minimum Gasteiger partial charge on any atom is -0.483 e. The van der Waals surface area contributed by atoms with Gasteiger partial charge in [-0.05, 0) is 61.4 Å². The van der Waals surface area contributed by atoms with Gasteiger partial charge in [0.15, 0.2) is 6.61 Å². The Hall–Kier alpha value is -3.44. The highest BCUT2D eigenvalue weighted by atomic mass is 32.2. The summed E-state index contributed by atoms with van der Waals surface area (Å²) in [6, 6.07) is 9.57. The fourth-order valence-electron chi connectivity index (χ4n) is 5.98. The van der Waals surface area contributed by atoms with Crippen molar-refractivity contribution in [2.75, 3.05) is 26.7 Å². The molecule has 3 aromatic rings. The highest BCUT2D eigenvalue weighted by molar-refractivity contribution is 7.87. The molecule has 1 aliphatic heterocycles. The first kappa shape index (κ1) is 29.1. The predicted molar refractivity (Wildman–Crippen MR) is 156 cm³/mol. The summed E-state index contributed by atoms with van der Waals surface area (Å²) in [5, 5.41) is 3.76. The first-order chi connectivity index (χ1) is 19.7. The topological polar surface area (TPSA) is 110 Å².